The molecule has 0 aliphatic heterocycles. The van der Waals surface area contributed by atoms with Gasteiger partial charge in [0, 0.05) is 12.6 Å². The number of hydrogen-bond donors (Lipinski definition) is 2. The number of nitrogen functional groups attached to an aromatic ring is 1. The quantitative estimate of drug-likeness (QED) is 0.497. The Kier molecular flexibility index (Phi) is 8.40. The molecule has 1 atom stereocenters. The molecule has 0 saturated heterocycles. The van der Waals surface area contributed by atoms with E-state index < -0.39 is 10.0 Å². The van der Waals surface area contributed by atoms with Crippen molar-refractivity contribution in [2.24, 2.45) is 5.92 Å². The van der Waals surface area contributed by atoms with E-state index in [1.54, 1.807) is 6.07 Å². The van der Waals surface area contributed by atoms with Crippen molar-refractivity contribution in [3.8, 4) is 5.69 Å². The average Bonchev–Trinajstić information content (AvgIpc) is 3.05. The second-order valence-electron chi connectivity index (χ2n) is 7.56. The number of hydrogen-bond acceptors (Lipinski definition) is 4. The summed E-state index contributed by atoms with van der Waals surface area (Å²) in [5, 5.41) is 4.73. The number of halogens is 2. The molecular formula is C20H30Cl2N4O2S. The molecule has 0 saturated carbocycles. The van der Waals surface area contributed by atoms with Crippen molar-refractivity contribution < 1.29 is 8.42 Å². The molecule has 0 amide bonds. The molecule has 3 N–H and O–H groups in total. The molecule has 6 nitrogen and oxygen atoms in total. The number of rotatable bonds is 10. The van der Waals surface area contributed by atoms with Gasteiger partial charge >= 0.3 is 0 Å². The molecule has 162 valence electrons. The average molecular weight is 461 g/mol. The van der Waals surface area contributed by atoms with Crippen LogP contribution in [0.5, 0.6) is 0 Å². The van der Waals surface area contributed by atoms with Gasteiger partial charge in [-0.25, -0.2) is 17.8 Å². The maximum absolute atomic E-state index is 12.8. The number of aromatic nitrogens is 2. The second-order valence-corrected chi connectivity index (χ2v) is 10.1. The zero-order valence-electron chi connectivity index (χ0n) is 17.4. The van der Waals surface area contributed by atoms with Gasteiger partial charge in [-0.3, -0.25) is 0 Å². The summed E-state index contributed by atoms with van der Waals surface area (Å²) in [7, 11) is -3.79. The van der Waals surface area contributed by atoms with Crippen LogP contribution in [-0.2, 0) is 10.0 Å². The van der Waals surface area contributed by atoms with Gasteiger partial charge in [0.15, 0.2) is 0 Å². The Morgan fingerprint density at radius 2 is 1.86 bits per heavy atom. The van der Waals surface area contributed by atoms with Gasteiger partial charge in [-0.05, 0) is 30.4 Å². The lowest BCUT2D eigenvalue weighted by atomic mass is 10.00. The van der Waals surface area contributed by atoms with Gasteiger partial charge < -0.3 is 5.73 Å². The molecule has 9 heteroatoms. The molecule has 1 aromatic heterocycles. The SMILES string of the molecule is CCCCC(CC)CNS(=O)(=O)c1cc(Cl)c(-n2nc(C(C)C)cc2N)cc1Cl. The van der Waals surface area contributed by atoms with Crippen molar-refractivity contribution in [3.63, 3.8) is 0 Å². The first-order chi connectivity index (χ1) is 13.6. The number of anilines is 1. The fourth-order valence-electron chi connectivity index (χ4n) is 3.02. The zero-order valence-corrected chi connectivity index (χ0v) is 19.7. The summed E-state index contributed by atoms with van der Waals surface area (Å²) in [5.41, 5.74) is 7.31. The van der Waals surface area contributed by atoms with E-state index in [1.165, 1.54) is 16.8 Å². The summed E-state index contributed by atoms with van der Waals surface area (Å²) in [6.45, 7) is 8.57. The minimum absolute atomic E-state index is 0.0481. The van der Waals surface area contributed by atoms with E-state index in [-0.39, 0.29) is 26.8 Å². The predicted octanol–water partition coefficient (Wildman–Crippen LogP) is 5.38. The van der Waals surface area contributed by atoms with Crippen molar-refractivity contribution in [2.75, 3.05) is 12.3 Å². The monoisotopic (exact) mass is 460 g/mol. The van der Waals surface area contributed by atoms with Crippen LogP contribution in [0.2, 0.25) is 10.0 Å². The van der Waals surface area contributed by atoms with E-state index >= 15 is 0 Å². The Morgan fingerprint density at radius 1 is 1.17 bits per heavy atom. The Morgan fingerprint density at radius 3 is 2.41 bits per heavy atom. The van der Waals surface area contributed by atoms with Gasteiger partial charge in [0.2, 0.25) is 10.0 Å². The molecule has 0 aliphatic carbocycles. The lowest BCUT2D eigenvalue weighted by Crippen LogP contribution is -2.29. The van der Waals surface area contributed by atoms with Crippen LogP contribution in [0.25, 0.3) is 5.69 Å². The molecule has 0 aliphatic rings. The van der Waals surface area contributed by atoms with E-state index in [1.807, 2.05) is 13.8 Å². The lowest BCUT2D eigenvalue weighted by Gasteiger charge is -2.17. The van der Waals surface area contributed by atoms with E-state index in [9.17, 15) is 8.42 Å². The Balaban J connectivity index is 2.30. The zero-order chi connectivity index (χ0) is 21.8. The normalized spacial score (nSPS) is 13.2. The van der Waals surface area contributed by atoms with Gasteiger partial charge in [-0.15, -0.1) is 0 Å². The summed E-state index contributed by atoms with van der Waals surface area (Å²) in [5.74, 6) is 0.884. The minimum atomic E-state index is -3.79. The molecule has 0 fully saturated rings. The molecule has 1 aromatic carbocycles. The molecule has 2 rings (SSSR count). The van der Waals surface area contributed by atoms with Crippen molar-refractivity contribution in [1.82, 2.24) is 14.5 Å². The first-order valence-corrected chi connectivity index (χ1v) is 12.2. The molecule has 0 radical (unpaired) electrons. The van der Waals surface area contributed by atoms with Crippen LogP contribution < -0.4 is 10.5 Å². The van der Waals surface area contributed by atoms with Crippen LogP contribution in [0.1, 0.15) is 65.0 Å². The number of unbranched alkanes of at least 4 members (excludes halogenated alkanes) is 1. The largest absolute Gasteiger partial charge is 0.384 e. The topological polar surface area (TPSA) is 90.0 Å². The summed E-state index contributed by atoms with van der Waals surface area (Å²) in [6, 6.07) is 4.60. The van der Waals surface area contributed by atoms with E-state index in [4.69, 9.17) is 28.9 Å². The van der Waals surface area contributed by atoms with Crippen molar-refractivity contribution in [1.29, 1.82) is 0 Å². The highest BCUT2D eigenvalue weighted by atomic mass is 35.5. The number of nitrogens with two attached hydrogens (primary N) is 1. The summed E-state index contributed by atoms with van der Waals surface area (Å²) < 4.78 is 29.8. The minimum Gasteiger partial charge on any atom is -0.384 e. The van der Waals surface area contributed by atoms with E-state index in [2.05, 4.69) is 23.7 Å². The fourth-order valence-corrected chi connectivity index (χ4v) is 5.00. The van der Waals surface area contributed by atoms with Gasteiger partial charge in [0.25, 0.3) is 0 Å². The predicted molar refractivity (Wildman–Crippen MR) is 121 cm³/mol. The van der Waals surface area contributed by atoms with E-state index in [0.717, 1.165) is 31.4 Å². The second kappa shape index (κ2) is 10.2. The highest BCUT2D eigenvalue weighted by molar-refractivity contribution is 7.89. The molecule has 29 heavy (non-hydrogen) atoms. The highest BCUT2D eigenvalue weighted by Gasteiger charge is 2.23. The number of sulfonamides is 1. The van der Waals surface area contributed by atoms with Crippen LogP contribution in [0.4, 0.5) is 5.82 Å². The van der Waals surface area contributed by atoms with Crippen molar-refractivity contribution in [3.05, 3.63) is 33.9 Å². The van der Waals surface area contributed by atoms with Gasteiger partial charge in [0.05, 0.1) is 21.4 Å². The van der Waals surface area contributed by atoms with Crippen LogP contribution in [-0.4, -0.2) is 24.7 Å². The standard InChI is InChI=1S/C20H30Cl2N4O2S/c1-5-7-8-14(6-2)12-24-29(27,28)19-10-15(21)18(9-16(19)22)26-20(23)11-17(25-26)13(3)4/h9-11,13-14,24H,5-8,12,23H2,1-4H3. The number of nitrogens with zero attached hydrogens (tertiary/aromatic N) is 2. The smallest absolute Gasteiger partial charge is 0.242 e. The van der Waals surface area contributed by atoms with Crippen LogP contribution >= 0.6 is 23.2 Å². The molecule has 0 spiro atoms. The van der Waals surface area contributed by atoms with Crippen molar-refractivity contribution >= 4 is 39.0 Å². The Bertz CT molecular complexity index is 942. The first kappa shape index (κ1) is 24.0. The first-order valence-electron chi connectivity index (χ1n) is 9.95. The van der Waals surface area contributed by atoms with Crippen LogP contribution in [0, 0.1) is 5.92 Å². The Hall–Kier alpha value is -1.28. The summed E-state index contributed by atoms with van der Waals surface area (Å²) >= 11 is 12.7. The third kappa shape index (κ3) is 5.87. The summed E-state index contributed by atoms with van der Waals surface area (Å²) in [6.07, 6.45) is 4.05. The fraction of sp³-hybridized carbons (Fsp3) is 0.550. The third-order valence-electron chi connectivity index (χ3n) is 4.97. The summed E-state index contributed by atoms with van der Waals surface area (Å²) in [4.78, 5) is -0.0481. The van der Waals surface area contributed by atoms with Gasteiger partial charge in [-0.2, -0.15) is 5.10 Å². The molecular weight excluding hydrogens is 431 g/mol. The van der Waals surface area contributed by atoms with Crippen molar-refractivity contribution in [2.45, 2.75) is 64.2 Å². The van der Waals surface area contributed by atoms with Crippen LogP contribution in [0.15, 0.2) is 23.1 Å². The Labute approximate surface area is 183 Å². The lowest BCUT2D eigenvalue weighted by molar-refractivity contribution is 0.444. The molecule has 0 bridgehead atoms. The maximum atomic E-state index is 12.8. The molecule has 2 aromatic rings. The van der Waals surface area contributed by atoms with Crippen LogP contribution in [0.3, 0.4) is 0 Å². The van der Waals surface area contributed by atoms with E-state index in [0.29, 0.717) is 18.1 Å². The highest BCUT2D eigenvalue weighted by Crippen LogP contribution is 2.32. The molecule has 1 heterocycles. The number of nitrogens with one attached hydrogen (secondary N) is 1. The van der Waals surface area contributed by atoms with Gasteiger partial charge in [-0.1, -0.05) is 70.2 Å². The van der Waals surface area contributed by atoms with Gasteiger partial charge in [0.1, 0.15) is 10.7 Å². The number of benzene rings is 1. The maximum Gasteiger partial charge on any atom is 0.242 e. The molecule has 1 unspecified atom stereocenters. The third-order valence-corrected chi connectivity index (χ3v) is 7.16.